The molecule has 0 radical (unpaired) electrons. The molecule has 2 unspecified atom stereocenters. The van der Waals surface area contributed by atoms with E-state index < -0.39 is 0 Å². The summed E-state index contributed by atoms with van der Waals surface area (Å²) in [5.74, 6) is 0.00893. The molecule has 1 amide bonds. The summed E-state index contributed by atoms with van der Waals surface area (Å²) in [6, 6.07) is 1.74. The second kappa shape index (κ2) is 5.20. The second-order valence-electron chi connectivity index (χ2n) is 5.39. The van der Waals surface area contributed by atoms with E-state index in [-0.39, 0.29) is 17.9 Å². The number of aliphatic hydroxyl groups excluding tert-OH is 1. The van der Waals surface area contributed by atoms with Gasteiger partial charge in [0.2, 0.25) is 0 Å². The van der Waals surface area contributed by atoms with Gasteiger partial charge >= 0.3 is 0 Å². The first-order chi connectivity index (χ1) is 9.65. The number of hydrogen-bond donors (Lipinski definition) is 2. The third-order valence-corrected chi connectivity index (χ3v) is 3.96. The Kier molecular flexibility index (Phi) is 3.40. The number of fused-ring (bicyclic) bond motifs is 1. The molecule has 1 saturated carbocycles. The number of rotatable bonds is 3. The van der Waals surface area contributed by atoms with Crippen molar-refractivity contribution in [3.05, 3.63) is 24.2 Å². The Hall–Kier alpha value is -1.95. The van der Waals surface area contributed by atoms with Gasteiger partial charge in [-0.3, -0.25) is 4.79 Å². The number of carbonyl (C=O) groups excluding carboxylic acids is 1. The molecule has 2 heterocycles. The molecule has 0 bridgehead atoms. The summed E-state index contributed by atoms with van der Waals surface area (Å²) in [5, 5.41) is 12.6. The maximum Gasteiger partial charge on any atom is 0.252 e. The highest BCUT2D eigenvalue weighted by atomic mass is 16.3. The Labute approximate surface area is 116 Å². The lowest BCUT2D eigenvalue weighted by atomic mass is 10.1. The average Bonchev–Trinajstić information content (AvgIpc) is 3.02. The Balaban J connectivity index is 1.69. The Bertz CT molecular complexity index is 637. The molecule has 0 aromatic carbocycles. The molecule has 2 aromatic rings. The van der Waals surface area contributed by atoms with Gasteiger partial charge in [0.15, 0.2) is 5.65 Å². The zero-order chi connectivity index (χ0) is 14.1. The lowest BCUT2D eigenvalue weighted by Gasteiger charge is -2.14. The standard InChI is InChI=1S/C14H18N4O2/c1-18-8-17-11-5-10(7-15-13(11)18)14(20)16-6-9-3-2-4-12(9)19/h5,7-9,12,19H,2-4,6H2,1H3,(H,16,20). The third-order valence-electron chi connectivity index (χ3n) is 3.96. The summed E-state index contributed by atoms with van der Waals surface area (Å²) >= 11 is 0. The summed E-state index contributed by atoms with van der Waals surface area (Å²) in [7, 11) is 1.86. The summed E-state index contributed by atoms with van der Waals surface area (Å²) in [5.41, 5.74) is 1.97. The van der Waals surface area contributed by atoms with Crippen molar-refractivity contribution >= 4 is 17.1 Å². The van der Waals surface area contributed by atoms with Gasteiger partial charge in [0.25, 0.3) is 5.91 Å². The minimum Gasteiger partial charge on any atom is -0.393 e. The molecule has 3 rings (SSSR count). The Morgan fingerprint density at radius 3 is 3.10 bits per heavy atom. The summed E-state index contributed by atoms with van der Waals surface area (Å²) in [4.78, 5) is 20.5. The van der Waals surface area contributed by atoms with Crippen molar-refractivity contribution < 1.29 is 9.90 Å². The van der Waals surface area contributed by atoms with Crippen LogP contribution in [0.15, 0.2) is 18.6 Å². The van der Waals surface area contributed by atoms with Gasteiger partial charge in [-0.05, 0) is 18.9 Å². The highest BCUT2D eigenvalue weighted by Gasteiger charge is 2.25. The van der Waals surface area contributed by atoms with Crippen LogP contribution in [0.25, 0.3) is 11.2 Å². The molecule has 0 saturated heterocycles. The molecular formula is C14H18N4O2. The van der Waals surface area contributed by atoms with E-state index >= 15 is 0 Å². The molecule has 2 aromatic heterocycles. The van der Waals surface area contributed by atoms with Gasteiger partial charge in [-0.1, -0.05) is 6.42 Å². The van der Waals surface area contributed by atoms with E-state index in [0.717, 1.165) is 24.9 Å². The molecule has 1 aliphatic rings. The van der Waals surface area contributed by atoms with Crippen molar-refractivity contribution in [3.63, 3.8) is 0 Å². The number of hydrogen-bond acceptors (Lipinski definition) is 4. The maximum absolute atomic E-state index is 12.1. The second-order valence-corrected chi connectivity index (χ2v) is 5.39. The van der Waals surface area contributed by atoms with Crippen molar-refractivity contribution in [2.24, 2.45) is 13.0 Å². The molecule has 0 aliphatic heterocycles. The summed E-state index contributed by atoms with van der Waals surface area (Å²) < 4.78 is 1.81. The number of aryl methyl sites for hydroxylation is 1. The molecule has 0 spiro atoms. The van der Waals surface area contributed by atoms with Crippen LogP contribution in [0, 0.1) is 5.92 Å². The number of nitrogens with one attached hydrogen (secondary N) is 1. The molecule has 20 heavy (non-hydrogen) atoms. The Morgan fingerprint density at radius 1 is 1.50 bits per heavy atom. The van der Waals surface area contributed by atoms with E-state index in [4.69, 9.17) is 0 Å². The highest BCUT2D eigenvalue weighted by molar-refractivity contribution is 5.96. The highest BCUT2D eigenvalue weighted by Crippen LogP contribution is 2.24. The van der Waals surface area contributed by atoms with Crippen LogP contribution in [0.3, 0.4) is 0 Å². The number of nitrogens with zero attached hydrogens (tertiary/aromatic N) is 3. The van der Waals surface area contributed by atoms with Crippen LogP contribution in [0.5, 0.6) is 0 Å². The lowest BCUT2D eigenvalue weighted by Crippen LogP contribution is -2.32. The van der Waals surface area contributed by atoms with Crippen molar-refractivity contribution in [2.45, 2.75) is 25.4 Å². The molecule has 6 nitrogen and oxygen atoms in total. The van der Waals surface area contributed by atoms with Crippen LogP contribution < -0.4 is 5.32 Å². The van der Waals surface area contributed by atoms with Crippen LogP contribution in [0.1, 0.15) is 29.6 Å². The first-order valence-corrected chi connectivity index (χ1v) is 6.88. The third kappa shape index (κ3) is 2.38. The molecule has 1 fully saturated rings. The summed E-state index contributed by atoms with van der Waals surface area (Å²) in [6.07, 6.45) is 5.79. The van der Waals surface area contributed by atoms with Gasteiger partial charge in [-0.25, -0.2) is 9.97 Å². The van der Waals surface area contributed by atoms with Crippen LogP contribution >= 0.6 is 0 Å². The van der Waals surface area contributed by atoms with Crippen molar-refractivity contribution in [1.82, 2.24) is 19.9 Å². The van der Waals surface area contributed by atoms with Crippen LogP contribution in [-0.2, 0) is 7.05 Å². The zero-order valence-electron chi connectivity index (χ0n) is 11.4. The van der Waals surface area contributed by atoms with Gasteiger partial charge < -0.3 is 15.0 Å². The topological polar surface area (TPSA) is 80.0 Å². The van der Waals surface area contributed by atoms with Gasteiger partial charge in [0, 0.05) is 25.7 Å². The monoisotopic (exact) mass is 274 g/mol. The van der Waals surface area contributed by atoms with Gasteiger partial charge in [-0.15, -0.1) is 0 Å². The fraction of sp³-hybridized carbons (Fsp3) is 0.500. The average molecular weight is 274 g/mol. The largest absolute Gasteiger partial charge is 0.393 e. The molecule has 106 valence electrons. The smallest absolute Gasteiger partial charge is 0.252 e. The van der Waals surface area contributed by atoms with Crippen LogP contribution in [0.2, 0.25) is 0 Å². The molecule has 2 N–H and O–H groups in total. The number of pyridine rings is 1. The van der Waals surface area contributed by atoms with Crippen molar-refractivity contribution in [1.29, 1.82) is 0 Å². The van der Waals surface area contributed by atoms with Gasteiger partial charge in [0.1, 0.15) is 5.52 Å². The van der Waals surface area contributed by atoms with Gasteiger partial charge in [-0.2, -0.15) is 0 Å². The lowest BCUT2D eigenvalue weighted by molar-refractivity contribution is 0.0916. The molecule has 6 heteroatoms. The van der Waals surface area contributed by atoms with Crippen LogP contribution in [-0.4, -0.2) is 38.2 Å². The fourth-order valence-corrected chi connectivity index (χ4v) is 2.72. The fourth-order valence-electron chi connectivity index (χ4n) is 2.72. The summed E-state index contributed by atoms with van der Waals surface area (Å²) in [6.45, 7) is 0.514. The predicted octanol–water partition coefficient (Wildman–Crippen LogP) is 0.859. The number of imidazole rings is 1. The normalized spacial score (nSPS) is 22.3. The van der Waals surface area contributed by atoms with E-state index in [1.54, 1.807) is 18.6 Å². The quantitative estimate of drug-likeness (QED) is 0.870. The number of carbonyl (C=O) groups is 1. The Morgan fingerprint density at radius 2 is 2.35 bits per heavy atom. The van der Waals surface area contributed by atoms with Crippen molar-refractivity contribution in [3.8, 4) is 0 Å². The SMILES string of the molecule is Cn1cnc2cc(C(=O)NCC3CCCC3O)cnc21. The molecule has 1 aliphatic carbocycles. The molecular weight excluding hydrogens is 256 g/mol. The van der Waals surface area contributed by atoms with Gasteiger partial charge in [0.05, 0.1) is 18.0 Å². The van der Waals surface area contributed by atoms with Crippen molar-refractivity contribution in [2.75, 3.05) is 6.54 Å². The van der Waals surface area contributed by atoms with Crippen LogP contribution in [0.4, 0.5) is 0 Å². The number of amides is 1. The minimum absolute atomic E-state index is 0.163. The molecule has 2 atom stereocenters. The van der Waals surface area contributed by atoms with E-state index in [1.165, 1.54) is 0 Å². The van der Waals surface area contributed by atoms with E-state index in [0.29, 0.717) is 17.6 Å². The van der Waals surface area contributed by atoms with E-state index in [1.807, 2.05) is 11.6 Å². The number of aromatic nitrogens is 3. The number of aliphatic hydroxyl groups is 1. The predicted molar refractivity (Wildman–Crippen MR) is 74.2 cm³/mol. The first-order valence-electron chi connectivity index (χ1n) is 6.88. The van der Waals surface area contributed by atoms with E-state index in [9.17, 15) is 9.90 Å². The van der Waals surface area contributed by atoms with E-state index in [2.05, 4.69) is 15.3 Å². The first kappa shape index (κ1) is 13.1. The zero-order valence-corrected chi connectivity index (χ0v) is 11.4. The minimum atomic E-state index is -0.285. The maximum atomic E-state index is 12.1.